The highest BCUT2D eigenvalue weighted by molar-refractivity contribution is 8.00. The summed E-state index contributed by atoms with van der Waals surface area (Å²) in [6.07, 6.45) is 0. The Morgan fingerprint density at radius 3 is 2.64 bits per heavy atom. The molecule has 0 aliphatic rings. The Morgan fingerprint density at radius 2 is 1.89 bits per heavy atom. The third kappa shape index (κ3) is 5.68. The lowest BCUT2D eigenvalue weighted by Gasteiger charge is -2.09. The van der Waals surface area contributed by atoms with Crippen LogP contribution >= 0.6 is 11.8 Å². The van der Waals surface area contributed by atoms with Gasteiger partial charge in [-0.2, -0.15) is 15.0 Å². The molecule has 3 aromatic rings. The minimum Gasteiger partial charge on any atom is -0.457 e. The first-order chi connectivity index (χ1) is 13.5. The molecule has 0 unspecified atom stereocenters. The van der Waals surface area contributed by atoms with Crippen molar-refractivity contribution in [2.75, 3.05) is 16.8 Å². The number of hydrogen-bond donors (Lipinski definition) is 2. The Kier molecular flexibility index (Phi) is 6.44. The Bertz CT molecular complexity index is 966. The second kappa shape index (κ2) is 9.18. The summed E-state index contributed by atoms with van der Waals surface area (Å²) < 4.78 is 5.28. The van der Waals surface area contributed by atoms with E-state index in [2.05, 4.69) is 26.3 Å². The number of aromatic nitrogens is 3. The molecule has 144 valence electrons. The molecule has 0 radical (unpaired) electrons. The maximum absolute atomic E-state index is 12.1. The summed E-state index contributed by atoms with van der Waals surface area (Å²) in [5, 5.41) is 3.04. The van der Waals surface area contributed by atoms with Crippen LogP contribution in [-0.2, 0) is 16.1 Å². The molecule has 3 rings (SSSR count). The number of anilines is 3. The molecule has 3 N–H and O–H groups in total. The lowest BCUT2D eigenvalue weighted by molar-refractivity contribution is -0.141. The number of thioether (sulfide) groups is 1. The average molecular weight is 395 g/mol. The predicted molar refractivity (Wildman–Crippen MR) is 110 cm³/mol. The first-order valence-corrected chi connectivity index (χ1v) is 9.66. The Morgan fingerprint density at radius 1 is 1.11 bits per heavy atom. The molecule has 0 atom stereocenters. The molecular formula is C20H21N5O2S. The lowest BCUT2D eigenvalue weighted by atomic mass is 10.2. The second-order valence-corrected chi connectivity index (χ2v) is 7.16. The number of ether oxygens (including phenoxy) is 1. The zero-order valence-corrected chi connectivity index (χ0v) is 16.5. The average Bonchev–Trinajstić information content (AvgIpc) is 2.66. The zero-order chi connectivity index (χ0) is 19.9. The summed E-state index contributed by atoms with van der Waals surface area (Å²) in [7, 11) is 0. The van der Waals surface area contributed by atoms with Crippen LogP contribution in [0, 0.1) is 13.8 Å². The molecule has 2 aromatic carbocycles. The summed E-state index contributed by atoms with van der Waals surface area (Å²) >= 11 is 1.44. The van der Waals surface area contributed by atoms with E-state index in [1.54, 1.807) is 0 Å². The molecule has 0 aliphatic heterocycles. The van der Waals surface area contributed by atoms with Crippen molar-refractivity contribution in [2.24, 2.45) is 0 Å². The normalized spacial score (nSPS) is 10.5. The highest BCUT2D eigenvalue weighted by Crippen LogP contribution is 2.23. The van der Waals surface area contributed by atoms with Crippen molar-refractivity contribution < 1.29 is 9.53 Å². The van der Waals surface area contributed by atoms with Crippen LogP contribution in [0.4, 0.5) is 17.6 Å². The van der Waals surface area contributed by atoms with Gasteiger partial charge in [-0.05, 0) is 37.6 Å². The van der Waals surface area contributed by atoms with Crippen molar-refractivity contribution in [3.63, 3.8) is 0 Å². The smallest absolute Gasteiger partial charge is 0.316 e. The van der Waals surface area contributed by atoms with E-state index >= 15 is 0 Å². The fourth-order valence-electron chi connectivity index (χ4n) is 2.49. The molecule has 0 aliphatic carbocycles. The molecule has 1 heterocycles. The van der Waals surface area contributed by atoms with Gasteiger partial charge in [-0.25, -0.2) is 0 Å². The molecule has 1 aromatic heterocycles. The molecule has 7 nitrogen and oxygen atoms in total. The number of nitrogens with two attached hydrogens (primary N) is 1. The second-order valence-electron chi connectivity index (χ2n) is 6.14. The molecular weight excluding hydrogens is 374 g/mol. The van der Waals surface area contributed by atoms with Crippen molar-refractivity contribution >= 4 is 35.3 Å². The summed E-state index contributed by atoms with van der Waals surface area (Å²) in [4.78, 5) is 25.4. The molecule has 0 amide bonds. The minimum atomic E-state index is -0.346. The van der Waals surface area contributed by atoms with Crippen LogP contribution in [0.2, 0.25) is 0 Å². The Balaban J connectivity index is 1.55. The Labute approximate surface area is 167 Å². The van der Waals surface area contributed by atoms with Gasteiger partial charge in [0.2, 0.25) is 11.9 Å². The minimum absolute atomic E-state index is 0.0594. The van der Waals surface area contributed by atoms with Gasteiger partial charge < -0.3 is 15.8 Å². The topological polar surface area (TPSA) is 103 Å². The van der Waals surface area contributed by atoms with Gasteiger partial charge in [0.15, 0.2) is 12.4 Å². The number of esters is 1. The van der Waals surface area contributed by atoms with E-state index in [-0.39, 0.29) is 30.1 Å². The van der Waals surface area contributed by atoms with E-state index in [4.69, 9.17) is 10.5 Å². The van der Waals surface area contributed by atoms with Gasteiger partial charge in [-0.3, -0.25) is 4.79 Å². The van der Waals surface area contributed by atoms with Gasteiger partial charge in [0.05, 0.1) is 5.75 Å². The maximum atomic E-state index is 12.1. The van der Waals surface area contributed by atoms with Crippen LogP contribution in [0.1, 0.15) is 17.0 Å². The van der Waals surface area contributed by atoms with Crippen LogP contribution in [0.15, 0.2) is 53.4 Å². The molecule has 0 saturated carbocycles. The highest BCUT2D eigenvalue weighted by atomic mass is 32.2. The summed E-state index contributed by atoms with van der Waals surface area (Å²) in [5.41, 5.74) is 8.89. The quantitative estimate of drug-likeness (QED) is 0.462. The predicted octanol–water partition coefficient (Wildman–Crippen LogP) is 3.65. The number of nitrogens with one attached hydrogen (secondary N) is 1. The summed E-state index contributed by atoms with van der Waals surface area (Å²) in [6, 6.07) is 15.6. The zero-order valence-electron chi connectivity index (χ0n) is 15.7. The van der Waals surface area contributed by atoms with Crippen LogP contribution in [0.3, 0.4) is 0 Å². The third-order valence-electron chi connectivity index (χ3n) is 3.77. The molecule has 0 fully saturated rings. The number of carbonyl (C=O) groups excluding carboxylic acids is 1. The molecule has 28 heavy (non-hydrogen) atoms. The van der Waals surface area contributed by atoms with Gasteiger partial charge in [0.1, 0.15) is 0 Å². The van der Waals surface area contributed by atoms with E-state index in [9.17, 15) is 4.79 Å². The number of nitrogens with zero attached hydrogens (tertiary/aromatic N) is 3. The van der Waals surface area contributed by atoms with E-state index in [0.717, 1.165) is 16.1 Å². The summed E-state index contributed by atoms with van der Waals surface area (Å²) in [5.74, 6) is 0.510. The molecule has 0 saturated heterocycles. The molecule has 0 spiro atoms. The van der Waals surface area contributed by atoms with Gasteiger partial charge in [-0.1, -0.05) is 35.9 Å². The fourth-order valence-corrected chi connectivity index (χ4v) is 3.30. The fraction of sp³-hybridized carbons (Fsp3) is 0.200. The number of rotatable bonds is 7. The van der Waals surface area contributed by atoms with Crippen molar-refractivity contribution in [3.8, 4) is 0 Å². The van der Waals surface area contributed by atoms with E-state index in [1.165, 1.54) is 17.3 Å². The molecule has 8 heteroatoms. The van der Waals surface area contributed by atoms with Crippen LogP contribution in [0.25, 0.3) is 0 Å². The number of nitrogen functional groups attached to an aromatic ring is 1. The van der Waals surface area contributed by atoms with E-state index in [1.807, 2.05) is 56.3 Å². The summed E-state index contributed by atoms with van der Waals surface area (Å²) in [6.45, 7) is 4.00. The highest BCUT2D eigenvalue weighted by Gasteiger charge is 2.10. The maximum Gasteiger partial charge on any atom is 0.316 e. The lowest BCUT2D eigenvalue weighted by Crippen LogP contribution is -2.12. The van der Waals surface area contributed by atoms with Crippen LogP contribution in [0.5, 0.6) is 0 Å². The van der Waals surface area contributed by atoms with Crippen LogP contribution < -0.4 is 11.1 Å². The number of benzene rings is 2. The SMILES string of the molecule is Cc1ccc(SCC(=O)OCc2nc(N)nc(Nc3ccccc3)n2)c(C)c1. The molecule has 0 bridgehead atoms. The van der Waals surface area contributed by atoms with Crippen LogP contribution in [-0.4, -0.2) is 26.7 Å². The van der Waals surface area contributed by atoms with Crippen molar-refractivity contribution in [1.82, 2.24) is 15.0 Å². The first kappa shape index (κ1) is 19.6. The van der Waals surface area contributed by atoms with E-state index in [0.29, 0.717) is 5.95 Å². The monoisotopic (exact) mass is 395 g/mol. The number of hydrogen-bond acceptors (Lipinski definition) is 8. The van der Waals surface area contributed by atoms with Crippen molar-refractivity contribution in [3.05, 3.63) is 65.5 Å². The number of carbonyl (C=O) groups is 1. The van der Waals surface area contributed by atoms with E-state index < -0.39 is 0 Å². The van der Waals surface area contributed by atoms with Gasteiger partial charge >= 0.3 is 5.97 Å². The van der Waals surface area contributed by atoms with Gasteiger partial charge in [-0.15, -0.1) is 11.8 Å². The standard InChI is InChI=1S/C20H21N5O2S/c1-13-8-9-16(14(2)10-13)28-12-18(26)27-11-17-23-19(21)25-20(24-17)22-15-6-4-3-5-7-15/h3-10H,11-12H2,1-2H3,(H3,21,22,23,24,25). The third-order valence-corrected chi connectivity index (χ3v) is 4.92. The Hall–Kier alpha value is -3.13. The largest absolute Gasteiger partial charge is 0.457 e. The van der Waals surface area contributed by atoms with Crippen molar-refractivity contribution in [2.45, 2.75) is 25.3 Å². The van der Waals surface area contributed by atoms with Crippen molar-refractivity contribution in [1.29, 1.82) is 0 Å². The van der Waals surface area contributed by atoms with Gasteiger partial charge in [0, 0.05) is 10.6 Å². The van der Waals surface area contributed by atoms with Gasteiger partial charge in [0.25, 0.3) is 0 Å². The first-order valence-electron chi connectivity index (χ1n) is 8.68. The number of aryl methyl sites for hydroxylation is 2. The number of para-hydroxylation sites is 1.